The van der Waals surface area contributed by atoms with Gasteiger partial charge in [-0.15, -0.1) is 11.3 Å². The predicted octanol–water partition coefficient (Wildman–Crippen LogP) is 3.79. The van der Waals surface area contributed by atoms with Crippen LogP contribution in [0.2, 0.25) is 0 Å². The topological polar surface area (TPSA) is 73.2 Å². The van der Waals surface area contributed by atoms with Gasteiger partial charge < -0.3 is 10.1 Å². The molecular weight excluding hydrogens is 398 g/mol. The molecule has 0 radical (unpaired) electrons. The Kier molecular flexibility index (Phi) is 7.19. The van der Waals surface area contributed by atoms with E-state index in [9.17, 15) is 9.59 Å². The molecule has 0 aliphatic rings. The molecule has 0 aliphatic carbocycles. The first-order valence-electron chi connectivity index (χ1n) is 9.66. The number of nitrogens with zero attached hydrogens (tertiary/aromatic N) is 2. The number of amides is 1. The monoisotopic (exact) mass is 423 g/mol. The summed E-state index contributed by atoms with van der Waals surface area (Å²) in [7, 11) is 0. The summed E-state index contributed by atoms with van der Waals surface area (Å²) in [6.45, 7) is 6.72. The summed E-state index contributed by atoms with van der Waals surface area (Å²) in [5.41, 5.74) is 5.05. The molecule has 0 atom stereocenters. The van der Waals surface area contributed by atoms with Crippen LogP contribution in [0.15, 0.2) is 47.9 Å². The summed E-state index contributed by atoms with van der Waals surface area (Å²) in [6, 6.07) is 12.2. The van der Waals surface area contributed by atoms with Gasteiger partial charge in [0.15, 0.2) is 6.61 Å². The van der Waals surface area contributed by atoms with Gasteiger partial charge in [-0.3, -0.25) is 9.48 Å². The summed E-state index contributed by atoms with van der Waals surface area (Å²) in [5.74, 6) is -0.894. The Bertz CT molecular complexity index is 1030. The van der Waals surface area contributed by atoms with Crippen LogP contribution in [0.3, 0.4) is 0 Å². The van der Waals surface area contributed by atoms with E-state index in [-0.39, 0.29) is 12.5 Å². The summed E-state index contributed by atoms with van der Waals surface area (Å²) in [6.07, 6.45) is 3.02. The number of esters is 1. The van der Waals surface area contributed by atoms with Crippen molar-refractivity contribution in [1.29, 1.82) is 0 Å². The fourth-order valence-electron chi connectivity index (χ4n) is 2.96. The molecule has 1 aromatic carbocycles. The second-order valence-corrected chi connectivity index (χ2v) is 8.06. The number of rotatable bonds is 8. The number of hydrogen-bond acceptors (Lipinski definition) is 5. The smallest absolute Gasteiger partial charge is 0.331 e. The van der Waals surface area contributed by atoms with Gasteiger partial charge in [-0.25, -0.2) is 4.79 Å². The minimum absolute atomic E-state index is 0.306. The molecule has 0 saturated heterocycles. The summed E-state index contributed by atoms with van der Waals surface area (Å²) < 4.78 is 6.95. The van der Waals surface area contributed by atoms with E-state index in [4.69, 9.17) is 4.74 Å². The van der Waals surface area contributed by atoms with Gasteiger partial charge in [-0.1, -0.05) is 35.9 Å². The zero-order chi connectivity index (χ0) is 21.5. The molecule has 2 heterocycles. The van der Waals surface area contributed by atoms with Crippen LogP contribution in [0.4, 0.5) is 0 Å². The lowest BCUT2D eigenvalue weighted by Gasteiger charge is -2.05. The third-order valence-electron chi connectivity index (χ3n) is 4.66. The molecule has 0 spiro atoms. The lowest BCUT2D eigenvalue weighted by atomic mass is 10.1. The lowest BCUT2D eigenvalue weighted by molar-refractivity contribution is -0.143. The number of carbonyl (C=O) groups excluding carboxylic acids is 2. The van der Waals surface area contributed by atoms with Gasteiger partial charge in [-0.2, -0.15) is 5.10 Å². The van der Waals surface area contributed by atoms with E-state index in [0.717, 1.165) is 27.4 Å². The molecule has 0 unspecified atom stereocenters. The number of thiophene rings is 1. The van der Waals surface area contributed by atoms with E-state index >= 15 is 0 Å². The standard InChI is InChI=1S/C23H25N3O3S/c1-16-6-8-19(9-7-16)14-26-18(3)21(17(2)25-26)10-11-23(28)29-15-22(27)24-13-20-5-4-12-30-20/h4-12H,13-15H2,1-3H3,(H,24,27)/b11-10+. The lowest BCUT2D eigenvalue weighted by Crippen LogP contribution is -2.27. The van der Waals surface area contributed by atoms with Crippen molar-refractivity contribution in [3.05, 3.63) is 80.8 Å². The van der Waals surface area contributed by atoms with E-state index in [1.807, 2.05) is 36.0 Å². The SMILES string of the molecule is Cc1ccc(Cn2nc(C)c(/C=C/C(=O)OCC(=O)NCc3cccs3)c2C)cc1. The number of aryl methyl sites for hydroxylation is 2. The molecule has 1 N–H and O–H groups in total. The maximum absolute atomic E-state index is 12.0. The van der Waals surface area contributed by atoms with E-state index in [1.165, 1.54) is 11.6 Å². The van der Waals surface area contributed by atoms with Gasteiger partial charge >= 0.3 is 5.97 Å². The fraction of sp³-hybridized carbons (Fsp3) is 0.261. The zero-order valence-electron chi connectivity index (χ0n) is 17.3. The van der Waals surface area contributed by atoms with E-state index < -0.39 is 5.97 Å². The van der Waals surface area contributed by atoms with Crippen molar-refractivity contribution in [3.8, 4) is 0 Å². The first-order chi connectivity index (χ1) is 14.4. The van der Waals surface area contributed by atoms with E-state index in [2.05, 4.69) is 41.6 Å². The van der Waals surface area contributed by atoms with Crippen LogP contribution in [-0.2, 0) is 27.4 Å². The molecule has 0 saturated carbocycles. The highest BCUT2D eigenvalue weighted by atomic mass is 32.1. The van der Waals surface area contributed by atoms with Crippen molar-refractivity contribution in [3.63, 3.8) is 0 Å². The summed E-state index contributed by atoms with van der Waals surface area (Å²) in [5, 5.41) is 9.24. The van der Waals surface area contributed by atoms with Crippen molar-refractivity contribution in [2.75, 3.05) is 6.61 Å². The van der Waals surface area contributed by atoms with Crippen LogP contribution in [0.25, 0.3) is 6.08 Å². The van der Waals surface area contributed by atoms with Crippen LogP contribution in [0, 0.1) is 20.8 Å². The van der Waals surface area contributed by atoms with E-state index in [0.29, 0.717) is 13.1 Å². The van der Waals surface area contributed by atoms with Crippen molar-refractivity contribution in [1.82, 2.24) is 15.1 Å². The number of ether oxygens (including phenoxy) is 1. The maximum Gasteiger partial charge on any atom is 0.331 e. The molecule has 0 aliphatic heterocycles. The first kappa shape index (κ1) is 21.5. The minimum Gasteiger partial charge on any atom is -0.452 e. The van der Waals surface area contributed by atoms with Crippen molar-refractivity contribution >= 4 is 29.3 Å². The maximum atomic E-state index is 12.0. The average molecular weight is 424 g/mol. The number of hydrogen-bond donors (Lipinski definition) is 1. The number of aromatic nitrogens is 2. The third-order valence-corrected chi connectivity index (χ3v) is 5.54. The highest BCUT2D eigenvalue weighted by molar-refractivity contribution is 7.09. The predicted molar refractivity (Wildman–Crippen MR) is 118 cm³/mol. The van der Waals surface area contributed by atoms with Crippen molar-refractivity contribution in [2.45, 2.75) is 33.9 Å². The summed E-state index contributed by atoms with van der Waals surface area (Å²) >= 11 is 1.56. The van der Waals surface area contributed by atoms with Gasteiger partial charge in [0.05, 0.1) is 18.8 Å². The van der Waals surface area contributed by atoms with Crippen LogP contribution in [0.5, 0.6) is 0 Å². The number of nitrogens with one attached hydrogen (secondary N) is 1. The molecule has 3 rings (SSSR count). The highest BCUT2D eigenvalue weighted by Gasteiger charge is 2.11. The van der Waals surface area contributed by atoms with Crippen molar-refractivity contribution in [2.24, 2.45) is 0 Å². The van der Waals surface area contributed by atoms with Gasteiger partial charge in [0.25, 0.3) is 5.91 Å². The van der Waals surface area contributed by atoms with Gasteiger partial charge in [0, 0.05) is 22.2 Å². The average Bonchev–Trinajstić information content (AvgIpc) is 3.33. The molecule has 0 bridgehead atoms. The van der Waals surface area contributed by atoms with Gasteiger partial charge in [0.1, 0.15) is 0 Å². The van der Waals surface area contributed by atoms with Crippen LogP contribution in [0.1, 0.15) is 33.0 Å². The first-order valence-corrected chi connectivity index (χ1v) is 10.5. The quantitative estimate of drug-likeness (QED) is 0.442. The molecule has 7 heteroatoms. The fourth-order valence-corrected chi connectivity index (χ4v) is 3.60. The normalized spacial score (nSPS) is 11.0. The molecular formula is C23H25N3O3S. The van der Waals surface area contributed by atoms with Crippen LogP contribution >= 0.6 is 11.3 Å². The molecule has 0 fully saturated rings. The van der Waals surface area contributed by atoms with Gasteiger partial charge in [0.2, 0.25) is 0 Å². The van der Waals surface area contributed by atoms with Crippen LogP contribution in [-0.4, -0.2) is 28.3 Å². The Labute approximate surface area is 180 Å². The number of carbonyl (C=O) groups is 2. The zero-order valence-corrected chi connectivity index (χ0v) is 18.2. The minimum atomic E-state index is -0.564. The van der Waals surface area contributed by atoms with Gasteiger partial charge in [-0.05, 0) is 43.9 Å². The number of benzene rings is 1. The molecule has 1 amide bonds. The molecule has 3 aromatic rings. The van der Waals surface area contributed by atoms with Crippen LogP contribution < -0.4 is 5.32 Å². The molecule has 2 aromatic heterocycles. The summed E-state index contributed by atoms with van der Waals surface area (Å²) in [4.78, 5) is 24.8. The Morgan fingerprint density at radius 2 is 1.93 bits per heavy atom. The Morgan fingerprint density at radius 3 is 2.63 bits per heavy atom. The van der Waals surface area contributed by atoms with Crippen molar-refractivity contribution < 1.29 is 14.3 Å². The second-order valence-electron chi connectivity index (χ2n) is 7.02. The molecule has 6 nitrogen and oxygen atoms in total. The highest BCUT2D eigenvalue weighted by Crippen LogP contribution is 2.17. The second kappa shape index (κ2) is 10.0. The van der Waals surface area contributed by atoms with E-state index in [1.54, 1.807) is 17.4 Å². The Hall–Kier alpha value is -3.19. The largest absolute Gasteiger partial charge is 0.452 e. The molecule has 30 heavy (non-hydrogen) atoms. The Morgan fingerprint density at radius 1 is 1.17 bits per heavy atom. The third kappa shape index (κ3) is 5.90. The Balaban J connectivity index is 1.53. The molecule has 156 valence electrons.